The SMILES string of the molecule is Cc1ccc(C)c(-c2[nH]ncc2CN2C[C@@H]3COC(=O)[C@@H]3C2)c1.Cl. The molecule has 0 unspecified atom stereocenters. The highest BCUT2D eigenvalue weighted by molar-refractivity contribution is 5.85. The number of H-pyrrole nitrogens is 1. The van der Waals surface area contributed by atoms with Gasteiger partial charge in [-0.1, -0.05) is 17.7 Å². The number of halogens is 1. The molecule has 4 rings (SSSR count). The van der Waals surface area contributed by atoms with E-state index in [1.807, 2.05) is 6.20 Å². The minimum atomic E-state index is -0.0283. The lowest BCUT2D eigenvalue weighted by Gasteiger charge is -2.17. The Morgan fingerprint density at radius 1 is 1.33 bits per heavy atom. The largest absolute Gasteiger partial charge is 0.465 e. The first kappa shape index (κ1) is 17.0. The molecule has 0 spiro atoms. The normalized spacial score (nSPS) is 23.0. The van der Waals surface area contributed by atoms with E-state index < -0.39 is 0 Å². The van der Waals surface area contributed by atoms with Crippen molar-refractivity contribution in [2.45, 2.75) is 20.4 Å². The zero-order chi connectivity index (χ0) is 16.0. The van der Waals surface area contributed by atoms with Crippen molar-refractivity contribution < 1.29 is 9.53 Å². The number of aromatic amines is 1. The predicted molar refractivity (Wildman–Crippen MR) is 94.0 cm³/mol. The number of ether oxygens (including phenoxy) is 1. The summed E-state index contributed by atoms with van der Waals surface area (Å²) in [6.07, 6.45) is 1.91. The summed E-state index contributed by atoms with van der Waals surface area (Å²) < 4.78 is 5.14. The van der Waals surface area contributed by atoms with Crippen LogP contribution in [0.4, 0.5) is 0 Å². The first-order chi connectivity index (χ1) is 11.1. The Kier molecular flexibility index (Phi) is 4.65. The minimum Gasteiger partial charge on any atom is -0.465 e. The summed E-state index contributed by atoms with van der Waals surface area (Å²) >= 11 is 0. The van der Waals surface area contributed by atoms with Crippen molar-refractivity contribution in [2.24, 2.45) is 11.8 Å². The van der Waals surface area contributed by atoms with E-state index in [0.29, 0.717) is 12.5 Å². The molecule has 2 saturated heterocycles. The van der Waals surface area contributed by atoms with Crippen LogP contribution in [0.15, 0.2) is 24.4 Å². The van der Waals surface area contributed by atoms with Gasteiger partial charge in [0.25, 0.3) is 0 Å². The number of hydrogen-bond acceptors (Lipinski definition) is 4. The molecule has 1 N–H and O–H groups in total. The molecule has 0 aliphatic carbocycles. The summed E-state index contributed by atoms with van der Waals surface area (Å²) in [6.45, 7) is 7.34. The lowest BCUT2D eigenvalue weighted by Crippen LogP contribution is -2.23. The quantitative estimate of drug-likeness (QED) is 0.867. The molecular formula is C18H22ClN3O2. The maximum Gasteiger partial charge on any atom is 0.310 e. The molecule has 5 nitrogen and oxygen atoms in total. The lowest BCUT2D eigenvalue weighted by atomic mass is 10.0. The fourth-order valence-corrected chi connectivity index (χ4v) is 3.73. The number of aryl methyl sites for hydroxylation is 2. The summed E-state index contributed by atoms with van der Waals surface area (Å²) in [5.41, 5.74) is 5.96. The van der Waals surface area contributed by atoms with E-state index in [4.69, 9.17) is 4.74 Å². The highest BCUT2D eigenvalue weighted by Crippen LogP contribution is 2.33. The Balaban J connectivity index is 0.00000169. The molecule has 2 atom stereocenters. The van der Waals surface area contributed by atoms with Crippen molar-refractivity contribution >= 4 is 18.4 Å². The molecule has 2 aromatic rings. The van der Waals surface area contributed by atoms with Gasteiger partial charge in [-0.2, -0.15) is 5.10 Å². The third-order valence-corrected chi connectivity index (χ3v) is 5.03. The molecule has 2 aliphatic heterocycles. The van der Waals surface area contributed by atoms with Crippen LogP contribution in [-0.4, -0.2) is 40.8 Å². The van der Waals surface area contributed by atoms with Crippen LogP contribution in [0.25, 0.3) is 11.3 Å². The van der Waals surface area contributed by atoms with Crippen molar-refractivity contribution in [1.29, 1.82) is 0 Å². The summed E-state index contributed by atoms with van der Waals surface area (Å²) in [4.78, 5) is 14.0. The number of hydrogen-bond donors (Lipinski definition) is 1. The minimum absolute atomic E-state index is 0. The number of carbonyl (C=O) groups excluding carboxylic acids is 1. The van der Waals surface area contributed by atoms with E-state index in [2.05, 4.69) is 47.1 Å². The Hall–Kier alpha value is -1.85. The van der Waals surface area contributed by atoms with Crippen LogP contribution in [0.1, 0.15) is 16.7 Å². The van der Waals surface area contributed by atoms with E-state index in [1.54, 1.807) is 0 Å². The van der Waals surface area contributed by atoms with Gasteiger partial charge in [0.2, 0.25) is 0 Å². The van der Waals surface area contributed by atoms with Crippen LogP contribution in [0.5, 0.6) is 0 Å². The summed E-state index contributed by atoms with van der Waals surface area (Å²) in [5.74, 6) is 0.393. The Labute approximate surface area is 147 Å². The summed E-state index contributed by atoms with van der Waals surface area (Å²) in [7, 11) is 0. The Morgan fingerprint density at radius 3 is 2.96 bits per heavy atom. The first-order valence-electron chi connectivity index (χ1n) is 8.10. The molecule has 0 bridgehead atoms. The number of likely N-dealkylation sites (tertiary alicyclic amines) is 1. The molecular weight excluding hydrogens is 326 g/mol. The number of cyclic esters (lactones) is 1. The van der Waals surface area contributed by atoms with Gasteiger partial charge < -0.3 is 4.74 Å². The monoisotopic (exact) mass is 347 g/mol. The lowest BCUT2D eigenvalue weighted by molar-refractivity contribution is -0.141. The van der Waals surface area contributed by atoms with E-state index >= 15 is 0 Å². The standard InChI is InChI=1S/C18H21N3O2.ClH/c1-11-3-4-12(2)15(5-11)17-13(6-19-20-17)7-21-8-14-10-23-18(22)16(14)9-21;/h3-6,14,16H,7-10H2,1-2H3,(H,19,20);1H/t14-,16-;/m1./s1. The van der Waals surface area contributed by atoms with E-state index in [1.165, 1.54) is 22.3 Å². The molecule has 0 amide bonds. The van der Waals surface area contributed by atoms with Gasteiger partial charge in [0, 0.05) is 36.7 Å². The molecule has 0 saturated carbocycles. The van der Waals surface area contributed by atoms with Crippen LogP contribution < -0.4 is 0 Å². The zero-order valence-electron chi connectivity index (χ0n) is 13.9. The highest BCUT2D eigenvalue weighted by Gasteiger charge is 2.43. The molecule has 3 heterocycles. The van der Waals surface area contributed by atoms with Gasteiger partial charge in [-0.3, -0.25) is 14.8 Å². The van der Waals surface area contributed by atoms with Crippen LogP contribution >= 0.6 is 12.4 Å². The second-order valence-electron chi connectivity index (χ2n) is 6.78. The van der Waals surface area contributed by atoms with Crippen LogP contribution in [0, 0.1) is 25.7 Å². The summed E-state index contributed by atoms with van der Waals surface area (Å²) in [5, 5.41) is 7.41. The average Bonchev–Trinajstić information content (AvgIpc) is 3.21. The van der Waals surface area contributed by atoms with E-state index in [9.17, 15) is 4.79 Å². The van der Waals surface area contributed by atoms with Crippen LogP contribution in [0.3, 0.4) is 0 Å². The molecule has 1 aromatic carbocycles. The van der Waals surface area contributed by atoms with Gasteiger partial charge in [0.1, 0.15) is 0 Å². The van der Waals surface area contributed by atoms with Crippen LogP contribution in [0.2, 0.25) is 0 Å². The van der Waals surface area contributed by atoms with Gasteiger partial charge in [-0.05, 0) is 25.5 Å². The first-order valence-corrected chi connectivity index (χ1v) is 8.10. The maximum atomic E-state index is 11.7. The van der Waals surface area contributed by atoms with Gasteiger partial charge in [0.15, 0.2) is 0 Å². The Morgan fingerprint density at radius 2 is 2.17 bits per heavy atom. The number of benzene rings is 1. The smallest absolute Gasteiger partial charge is 0.310 e. The Bertz CT molecular complexity index is 758. The number of fused-ring (bicyclic) bond motifs is 1. The second-order valence-corrected chi connectivity index (χ2v) is 6.78. The van der Waals surface area contributed by atoms with E-state index in [-0.39, 0.29) is 24.3 Å². The fraction of sp³-hybridized carbons (Fsp3) is 0.444. The molecule has 2 aliphatic rings. The molecule has 6 heteroatoms. The van der Waals surface area contributed by atoms with E-state index in [0.717, 1.165) is 25.3 Å². The molecule has 2 fully saturated rings. The fourth-order valence-electron chi connectivity index (χ4n) is 3.73. The predicted octanol–water partition coefficient (Wildman–Crippen LogP) is 2.72. The van der Waals surface area contributed by atoms with Crippen molar-refractivity contribution in [2.75, 3.05) is 19.7 Å². The second kappa shape index (κ2) is 6.57. The molecule has 0 radical (unpaired) electrons. The molecule has 128 valence electrons. The molecule has 24 heavy (non-hydrogen) atoms. The third kappa shape index (κ3) is 2.94. The topological polar surface area (TPSA) is 58.2 Å². The van der Waals surface area contributed by atoms with Crippen molar-refractivity contribution in [3.8, 4) is 11.3 Å². The van der Waals surface area contributed by atoms with Crippen molar-refractivity contribution in [3.05, 3.63) is 41.1 Å². The number of nitrogens with one attached hydrogen (secondary N) is 1. The number of esters is 1. The number of nitrogens with zero attached hydrogens (tertiary/aromatic N) is 2. The maximum absolute atomic E-state index is 11.7. The summed E-state index contributed by atoms with van der Waals surface area (Å²) in [6, 6.07) is 6.47. The number of carbonyl (C=O) groups is 1. The van der Waals surface area contributed by atoms with Crippen LogP contribution in [-0.2, 0) is 16.1 Å². The van der Waals surface area contributed by atoms with Crippen molar-refractivity contribution in [3.63, 3.8) is 0 Å². The highest BCUT2D eigenvalue weighted by atomic mass is 35.5. The van der Waals surface area contributed by atoms with Gasteiger partial charge in [-0.15, -0.1) is 12.4 Å². The van der Waals surface area contributed by atoms with Gasteiger partial charge in [0.05, 0.1) is 24.4 Å². The van der Waals surface area contributed by atoms with Crippen molar-refractivity contribution in [1.82, 2.24) is 15.1 Å². The third-order valence-electron chi connectivity index (χ3n) is 5.03. The average molecular weight is 348 g/mol. The van der Waals surface area contributed by atoms with Gasteiger partial charge >= 0.3 is 5.97 Å². The van der Waals surface area contributed by atoms with Gasteiger partial charge in [-0.25, -0.2) is 0 Å². The molecule has 1 aromatic heterocycles. The number of rotatable bonds is 3. The number of aromatic nitrogens is 2. The zero-order valence-corrected chi connectivity index (χ0v) is 14.7.